The van der Waals surface area contributed by atoms with Crippen LogP contribution in [0.3, 0.4) is 0 Å². The van der Waals surface area contributed by atoms with E-state index in [0.717, 1.165) is 35.4 Å². The van der Waals surface area contributed by atoms with Gasteiger partial charge in [0, 0.05) is 19.6 Å². The van der Waals surface area contributed by atoms with Gasteiger partial charge < -0.3 is 20.1 Å². The first-order valence-corrected chi connectivity index (χ1v) is 8.18. The molecule has 0 aliphatic rings. The first kappa shape index (κ1) is 22.8. The maximum atomic E-state index is 5.33. The molecule has 1 rings (SSSR count). The third kappa shape index (κ3) is 8.08. The molecule has 1 unspecified atom stereocenters. The first-order chi connectivity index (χ1) is 11.0. The highest BCUT2D eigenvalue weighted by molar-refractivity contribution is 14.0. The van der Waals surface area contributed by atoms with Crippen molar-refractivity contribution in [2.24, 2.45) is 10.9 Å². The highest BCUT2D eigenvalue weighted by Gasteiger charge is 2.08. The molecular formula is C18H32IN3O2. The number of nitrogens with one attached hydrogen (secondary N) is 2. The molecule has 0 aliphatic carbocycles. The molecule has 1 aromatic rings. The minimum atomic E-state index is 0. The number of hydrogen-bond donors (Lipinski definition) is 2. The number of methoxy groups -OCH3 is 2. The fourth-order valence-corrected chi connectivity index (χ4v) is 2.26. The van der Waals surface area contributed by atoms with Gasteiger partial charge in [-0.05, 0) is 43.4 Å². The molecule has 0 spiro atoms. The zero-order valence-corrected chi connectivity index (χ0v) is 18.0. The summed E-state index contributed by atoms with van der Waals surface area (Å²) in [4.78, 5) is 4.28. The van der Waals surface area contributed by atoms with E-state index in [1.807, 2.05) is 18.2 Å². The van der Waals surface area contributed by atoms with Gasteiger partial charge in [0.25, 0.3) is 0 Å². The lowest BCUT2D eigenvalue weighted by Gasteiger charge is -2.19. The van der Waals surface area contributed by atoms with E-state index in [4.69, 9.17) is 9.47 Å². The molecule has 138 valence electrons. The van der Waals surface area contributed by atoms with Gasteiger partial charge in [-0.25, -0.2) is 0 Å². The van der Waals surface area contributed by atoms with E-state index < -0.39 is 0 Å². The van der Waals surface area contributed by atoms with Gasteiger partial charge in [-0.3, -0.25) is 4.99 Å². The summed E-state index contributed by atoms with van der Waals surface area (Å²) in [7, 11) is 5.07. The van der Waals surface area contributed by atoms with Crippen molar-refractivity contribution in [3.05, 3.63) is 23.8 Å². The van der Waals surface area contributed by atoms with Crippen LogP contribution in [0.1, 0.15) is 39.2 Å². The Morgan fingerprint density at radius 1 is 1.08 bits per heavy atom. The van der Waals surface area contributed by atoms with Gasteiger partial charge in [0.05, 0.1) is 14.2 Å². The summed E-state index contributed by atoms with van der Waals surface area (Å²) in [5.74, 6) is 3.01. The lowest BCUT2D eigenvalue weighted by Crippen LogP contribution is -2.41. The number of rotatable bonds is 8. The Bertz CT molecular complexity index is 507. The summed E-state index contributed by atoms with van der Waals surface area (Å²) < 4.78 is 10.6. The van der Waals surface area contributed by atoms with Gasteiger partial charge in [-0.2, -0.15) is 0 Å². The molecule has 6 heteroatoms. The van der Waals surface area contributed by atoms with Crippen LogP contribution in [0.5, 0.6) is 11.5 Å². The van der Waals surface area contributed by atoms with Crippen LogP contribution in [-0.2, 0) is 6.54 Å². The zero-order valence-electron chi connectivity index (χ0n) is 15.7. The Morgan fingerprint density at radius 3 is 2.29 bits per heavy atom. The Kier molecular flexibility index (Phi) is 11.6. The van der Waals surface area contributed by atoms with Crippen LogP contribution in [0.2, 0.25) is 0 Å². The number of hydrogen-bond acceptors (Lipinski definition) is 3. The maximum absolute atomic E-state index is 5.33. The van der Waals surface area contributed by atoms with E-state index in [0.29, 0.717) is 12.6 Å². The van der Waals surface area contributed by atoms with Crippen molar-refractivity contribution in [2.45, 2.75) is 46.2 Å². The molecule has 0 aromatic heterocycles. The van der Waals surface area contributed by atoms with Crippen molar-refractivity contribution in [3.63, 3.8) is 0 Å². The normalized spacial score (nSPS) is 12.4. The van der Waals surface area contributed by atoms with Gasteiger partial charge in [-0.15, -0.1) is 24.0 Å². The number of ether oxygens (including phenoxy) is 2. The molecule has 2 N–H and O–H groups in total. The molecule has 0 heterocycles. The summed E-state index contributed by atoms with van der Waals surface area (Å²) in [5, 5.41) is 6.76. The molecule has 0 amide bonds. The van der Waals surface area contributed by atoms with Crippen LogP contribution in [-0.4, -0.2) is 33.3 Å². The Hall–Kier alpha value is -1.18. The van der Waals surface area contributed by atoms with Crippen molar-refractivity contribution in [1.29, 1.82) is 0 Å². The summed E-state index contributed by atoms with van der Waals surface area (Å²) in [5.41, 5.74) is 1.11. The SMILES string of the molecule is CN=C(NCc1ccc(OC)c(OC)c1)NC(C)CCC(C)C.I. The van der Waals surface area contributed by atoms with Gasteiger partial charge in [0.15, 0.2) is 17.5 Å². The maximum Gasteiger partial charge on any atom is 0.191 e. The number of aliphatic imine (C=N–C) groups is 1. The minimum absolute atomic E-state index is 0. The lowest BCUT2D eigenvalue weighted by molar-refractivity contribution is 0.354. The van der Waals surface area contributed by atoms with Crippen LogP contribution in [0, 0.1) is 5.92 Å². The molecule has 1 aromatic carbocycles. The lowest BCUT2D eigenvalue weighted by atomic mass is 10.0. The van der Waals surface area contributed by atoms with Gasteiger partial charge in [0.2, 0.25) is 0 Å². The highest BCUT2D eigenvalue weighted by Crippen LogP contribution is 2.27. The van der Waals surface area contributed by atoms with E-state index in [1.54, 1.807) is 21.3 Å². The largest absolute Gasteiger partial charge is 0.493 e. The molecule has 1 atom stereocenters. The van der Waals surface area contributed by atoms with Crippen LogP contribution in [0.15, 0.2) is 23.2 Å². The Balaban J connectivity index is 0.00000529. The third-order valence-corrected chi connectivity index (χ3v) is 3.69. The van der Waals surface area contributed by atoms with E-state index >= 15 is 0 Å². The second kappa shape index (κ2) is 12.2. The van der Waals surface area contributed by atoms with Crippen molar-refractivity contribution in [1.82, 2.24) is 10.6 Å². The standard InChI is InChI=1S/C18H31N3O2.HI/c1-13(2)7-8-14(3)21-18(19-4)20-12-15-9-10-16(22-5)17(11-15)23-6;/h9-11,13-14H,7-8,12H2,1-6H3,(H2,19,20,21);1H. The second-order valence-corrected chi connectivity index (χ2v) is 6.13. The molecular weight excluding hydrogens is 417 g/mol. The van der Waals surface area contributed by atoms with Crippen molar-refractivity contribution in [2.75, 3.05) is 21.3 Å². The summed E-state index contributed by atoms with van der Waals surface area (Å²) in [6, 6.07) is 6.30. The van der Waals surface area contributed by atoms with Crippen LogP contribution < -0.4 is 20.1 Å². The number of halogens is 1. The predicted octanol–water partition coefficient (Wildman–Crippen LogP) is 3.81. The minimum Gasteiger partial charge on any atom is -0.493 e. The fraction of sp³-hybridized carbons (Fsp3) is 0.611. The summed E-state index contributed by atoms with van der Waals surface area (Å²) >= 11 is 0. The molecule has 0 saturated heterocycles. The zero-order chi connectivity index (χ0) is 17.2. The van der Waals surface area contributed by atoms with E-state index in [-0.39, 0.29) is 24.0 Å². The highest BCUT2D eigenvalue weighted by atomic mass is 127. The number of benzene rings is 1. The van der Waals surface area contributed by atoms with Crippen molar-refractivity contribution in [3.8, 4) is 11.5 Å². The second-order valence-electron chi connectivity index (χ2n) is 6.13. The first-order valence-electron chi connectivity index (χ1n) is 8.18. The van der Waals surface area contributed by atoms with Crippen LogP contribution in [0.25, 0.3) is 0 Å². The van der Waals surface area contributed by atoms with E-state index in [1.165, 1.54) is 6.42 Å². The molecule has 24 heavy (non-hydrogen) atoms. The monoisotopic (exact) mass is 449 g/mol. The topological polar surface area (TPSA) is 54.9 Å². The molecule has 0 aliphatic heterocycles. The molecule has 0 saturated carbocycles. The average Bonchev–Trinajstić information content (AvgIpc) is 2.56. The molecule has 0 radical (unpaired) electrons. The third-order valence-electron chi connectivity index (χ3n) is 3.69. The van der Waals surface area contributed by atoms with E-state index in [2.05, 4.69) is 36.4 Å². The van der Waals surface area contributed by atoms with E-state index in [9.17, 15) is 0 Å². The smallest absolute Gasteiger partial charge is 0.191 e. The van der Waals surface area contributed by atoms with Crippen LogP contribution >= 0.6 is 24.0 Å². The number of guanidine groups is 1. The van der Waals surface area contributed by atoms with Crippen molar-refractivity contribution >= 4 is 29.9 Å². The molecule has 0 fully saturated rings. The van der Waals surface area contributed by atoms with Crippen LogP contribution in [0.4, 0.5) is 0 Å². The Morgan fingerprint density at radius 2 is 1.75 bits per heavy atom. The van der Waals surface area contributed by atoms with Gasteiger partial charge in [0.1, 0.15) is 0 Å². The fourth-order valence-electron chi connectivity index (χ4n) is 2.26. The van der Waals surface area contributed by atoms with Gasteiger partial charge in [-0.1, -0.05) is 19.9 Å². The predicted molar refractivity (Wildman–Crippen MR) is 112 cm³/mol. The number of nitrogens with zero attached hydrogens (tertiary/aromatic N) is 1. The summed E-state index contributed by atoms with van der Waals surface area (Å²) in [6.07, 6.45) is 2.34. The molecule has 0 bridgehead atoms. The molecule has 5 nitrogen and oxygen atoms in total. The summed E-state index contributed by atoms with van der Waals surface area (Å²) in [6.45, 7) is 7.36. The van der Waals surface area contributed by atoms with Gasteiger partial charge >= 0.3 is 0 Å². The Labute approximate surface area is 163 Å². The quantitative estimate of drug-likeness (QED) is 0.360. The average molecular weight is 449 g/mol. The van der Waals surface area contributed by atoms with Crippen molar-refractivity contribution < 1.29 is 9.47 Å².